The van der Waals surface area contributed by atoms with Crippen LogP contribution in [0, 0.1) is 0 Å². The van der Waals surface area contributed by atoms with Gasteiger partial charge in [-0.3, -0.25) is 4.79 Å². The van der Waals surface area contributed by atoms with Crippen LogP contribution in [0.4, 0.5) is 0 Å². The zero-order valence-electron chi connectivity index (χ0n) is 11.5. The second-order valence-electron chi connectivity index (χ2n) is 5.55. The third kappa shape index (κ3) is 2.54. The molecular weight excluding hydrogens is 248 g/mol. The molecule has 2 unspecified atom stereocenters. The third-order valence-corrected chi connectivity index (χ3v) is 4.17. The van der Waals surface area contributed by atoms with Crippen molar-refractivity contribution in [3.05, 3.63) is 48.0 Å². The lowest BCUT2D eigenvalue weighted by molar-refractivity contribution is 0.0923. The number of benzene rings is 2. The minimum Gasteiger partial charge on any atom is -0.348 e. The maximum absolute atomic E-state index is 12.5. The highest BCUT2D eigenvalue weighted by Crippen LogP contribution is 2.20. The average molecular weight is 268 g/mol. The summed E-state index contributed by atoms with van der Waals surface area (Å²) in [6.07, 6.45) is 4.30. The summed E-state index contributed by atoms with van der Waals surface area (Å²) in [6.45, 7) is 0. The zero-order valence-corrected chi connectivity index (χ0v) is 11.5. The van der Waals surface area contributed by atoms with Crippen molar-refractivity contribution in [1.82, 2.24) is 5.32 Å². The molecule has 0 saturated heterocycles. The van der Waals surface area contributed by atoms with Crippen molar-refractivity contribution in [3.8, 4) is 0 Å². The van der Waals surface area contributed by atoms with Gasteiger partial charge in [0, 0.05) is 17.6 Å². The number of nitrogens with one attached hydrogen (secondary N) is 1. The summed E-state index contributed by atoms with van der Waals surface area (Å²) in [5.41, 5.74) is 6.84. The van der Waals surface area contributed by atoms with Crippen LogP contribution in [0.2, 0.25) is 0 Å². The Morgan fingerprint density at radius 1 is 1.05 bits per heavy atom. The number of hydrogen-bond acceptors (Lipinski definition) is 2. The molecule has 2 aromatic carbocycles. The molecule has 1 fully saturated rings. The van der Waals surface area contributed by atoms with E-state index in [0.717, 1.165) is 35.6 Å². The Bertz CT molecular complexity index is 618. The van der Waals surface area contributed by atoms with E-state index in [4.69, 9.17) is 5.73 Å². The maximum atomic E-state index is 12.5. The number of rotatable bonds is 2. The van der Waals surface area contributed by atoms with Gasteiger partial charge in [0.25, 0.3) is 5.91 Å². The lowest BCUT2D eigenvalue weighted by Crippen LogP contribution is -2.49. The highest BCUT2D eigenvalue weighted by atomic mass is 16.1. The standard InChI is InChI=1S/C17H20N2O/c18-15-10-3-4-11-16(15)19-17(20)14-9-5-7-12-6-1-2-8-13(12)14/h1-2,5-9,15-16H,3-4,10-11,18H2,(H,19,20). The van der Waals surface area contributed by atoms with Gasteiger partial charge in [-0.15, -0.1) is 0 Å². The molecule has 0 aliphatic heterocycles. The molecule has 0 bridgehead atoms. The molecule has 1 amide bonds. The molecule has 1 saturated carbocycles. The summed E-state index contributed by atoms with van der Waals surface area (Å²) in [5.74, 6) is -0.0100. The van der Waals surface area contributed by atoms with Crippen LogP contribution in [0.5, 0.6) is 0 Å². The predicted octanol–water partition coefficient (Wildman–Crippen LogP) is 2.84. The minimum absolute atomic E-state index is 0.0100. The van der Waals surface area contributed by atoms with Crippen LogP contribution in [-0.4, -0.2) is 18.0 Å². The molecule has 2 atom stereocenters. The lowest BCUT2D eigenvalue weighted by Gasteiger charge is -2.29. The van der Waals surface area contributed by atoms with Crippen molar-refractivity contribution in [2.75, 3.05) is 0 Å². The van der Waals surface area contributed by atoms with E-state index in [0.29, 0.717) is 0 Å². The Morgan fingerprint density at radius 3 is 2.65 bits per heavy atom. The van der Waals surface area contributed by atoms with E-state index in [9.17, 15) is 4.79 Å². The Balaban J connectivity index is 1.85. The zero-order chi connectivity index (χ0) is 13.9. The normalized spacial score (nSPS) is 22.6. The van der Waals surface area contributed by atoms with Crippen LogP contribution in [0.1, 0.15) is 36.0 Å². The molecule has 1 aliphatic carbocycles. The van der Waals surface area contributed by atoms with Gasteiger partial charge in [-0.2, -0.15) is 0 Å². The lowest BCUT2D eigenvalue weighted by atomic mass is 9.90. The molecule has 20 heavy (non-hydrogen) atoms. The molecule has 3 nitrogen and oxygen atoms in total. The van der Waals surface area contributed by atoms with Gasteiger partial charge in [-0.25, -0.2) is 0 Å². The first-order chi connectivity index (χ1) is 9.75. The quantitative estimate of drug-likeness (QED) is 0.880. The molecule has 2 aromatic rings. The summed E-state index contributed by atoms with van der Waals surface area (Å²) in [7, 11) is 0. The number of fused-ring (bicyclic) bond motifs is 1. The fourth-order valence-corrected chi connectivity index (χ4v) is 3.01. The number of carbonyl (C=O) groups excluding carboxylic acids is 1. The summed E-state index contributed by atoms with van der Waals surface area (Å²) in [6, 6.07) is 14.0. The second-order valence-corrected chi connectivity index (χ2v) is 5.55. The van der Waals surface area contributed by atoms with Crippen molar-refractivity contribution < 1.29 is 4.79 Å². The Morgan fingerprint density at radius 2 is 1.80 bits per heavy atom. The van der Waals surface area contributed by atoms with E-state index in [-0.39, 0.29) is 18.0 Å². The number of hydrogen-bond donors (Lipinski definition) is 2. The van der Waals surface area contributed by atoms with Gasteiger partial charge in [-0.1, -0.05) is 49.2 Å². The van der Waals surface area contributed by atoms with Crippen LogP contribution in [0.25, 0.3) is 10.8 Å². The highest BCUT2D eigenvalue weighted by Gasteiger charge is 2.24. The van der Waals surface area contributed by atoms with Crippen molar-refractivity contribution in [2.24, 2.45) is 5.73 Å². The topological polar surface area (TPSA) is 55.1 Å². The monoisotopic (exact) mass is 268 g/mol. The van der Waals surface area contributed by atoms with Crippen molar-refractivity contribution in [1.29, 1.82) is 0 Å². The SMILES string of the molecule is NC1CCCCC1NC(=O)c1cccc2ccccc12. The summed E-state index contributed by atoms with van der Waals surface area (Å²) in [4.78, 5) is 12.5. The number of amides is 1. The largest absolute Gasteiger partial charge is 0.348 e. The van der Waals surface area contributed by atoms with Gasteiger partial charge in [0.2, 0.25) is 0 Å². The number of nitrogens with two attached hydrogens (primary N) is 1. The molecule has 3 N–H and O–H groups in total. The van der Waals surface area contributed by atoms with Gasteiger partial charge in [0.15, 0.2) is 0 Å². The fraction of sp³-hybridized carbons (Fsp3) is 0.353. The van der Waals surface area contributed by atoms with Crippen molar-refractivity contribution in [2.45, 2.75) is 37.8 Å². The van der Waals surface area contributed by atoms with Crippen LogP contribution < -0.4 is 11.1 Å². The van der Waals surface area contributed by atoms with Crippen molar-refractivity contribution >= 4 is 16.7 Å². The third-order valence-electron chi connectivity index (χ3n) is 4.17. The summed E-state index contributed by atoms with van der Waals surface area (Å²) in [5, 5.41) is 5.20. The van der Waals surface area contributed by atoms with Gasteiger partial charge in [0.05, 0.1) is 0 Å². The fourth-order valence-electron chi connectivity index (χ4n) is 3.01. The Kier molecular flexibility index (Phi) is 3.70. The first-order valence-corrected chi connectivity index (χ1v) is 7.30. The molecule has 0 heterocycles. The Labute approximate surface area is 119 Å². The summed E-state index contributed by atoms with van der Waals surface area (Å²) >= 11 is 0. The molecule has 3 rings (SSSR count). The minimum atomic E-state index is -0.0100. The number of carbonyl (C=O) groups is 1. The summed E-state index contributed by atoms with van der Waals surface area (Å²) < 4.78 is 0. The van der Waals surface area contributed by atoms with Gasteiger partial charge in [-0.05, 0) is 29.7 Å². The average Bonchev–Trinajstić information content (AvgIpc) is 2.49. The van der Waals surface area contributed by atoms with E-state index in [1.807, 2.05) is 42.5 Å². The van der Waals surface area contributed by atoms with Crippen LogP contribution in [0.3, 0.4) is 0 Å². The molecule has 104 valence electrons. The van der Waals surface area contributed by atoms with Gasteiger partial charge >= 0.3 is 0 Å². The molecule has 1 aliphatic rings. The Hall–Kier alpha value is -1.87. The van der Waals surface area contributed by atoms with Crippen molar-refractivity contribution in [3.63, 3.8) is 0 Å². The molecular formula is C17H20N2O. The maximum Gasteiger partial charge on any atom is 0.252 e. The van der Waals surface area contributed by atoms with E-state index in [1.54, 1.807) is 0 Å². The van der Waals surface area contributed by atoms with E-state index < -0.39 is 0 Å². The second kappa shape index (κ2) is 5.63. The molecule has 0 aromatic heterocycles. The van der Waals surface area contributed by atoms with Crippen LogP contribution in [0.15, 0.2) is 42.5 Å². The van der Waals surface area contributed by atoms with Gasteiger partial charge in [0.1, 0.15) is 0 Å². The predicted molar refractivity (Wildman–Crippen MR) is 81.6 cm³/mol. The molecule has 3 heteroatoms. The van der Waals surface area contributed by atoms with E-state index in [1.165, 1.54) is 6.42 Å². The van der Waals surface area contributed by atoms with Gasteiger partial charge < -0.3 is 11.1 Å². The first-order valence-electron chi connectivity index (χ1n) is 7.30. The molecule has 0 radical (unpaired) electrons. The van der Waals surface area contributed by atoms with E-state index >= 15 is 0 Å². The smallest absolute Gasteiger partial charge is 0.252 e. The van der Waals surface area contributed by atoms with E-state index in [2.05, 4.69) is 5.32 Å². The first kappa shape index (κ1) is 13.1. The van der Waals surface area contributed by atoms with Crippen LogP contribution in [-0.2, 0) is 0 Å². The highest BCUT2D eigenvalue weighted by molar-refractivity contribution is 6.07. The van der Waals surface area contributed by atoms with Crippen LogP contribution >= 0.6 is 0 Å². The molecule has 0 spiro atoms.